The van der Waals surface area contributed by atoms with Crippen molar-refractivity contribution in [1.82, 2.24) is 9.80 Å². The van der Waals surface area contributed by atoms with Crippen LogP contribution >= 0.6 is 0 Å². The summed E-state index contributed by atoms with van der Waals surface area (Å²) in [6.07, 6.45) is 8.05. The van der Waals surface area contributed by atoms with Crippen molar-refractivity contribution in [2.75, 3.05) is 38.2 Å². The van der Waals surface area contributed by atoms with E-state index in [-0.39, 0.29) is 24.3 Å². The zero-order valence-corrected chi connectivity index (χ0v) is 20.5. The first-order valence-corrected chi connectivity index (χ1v) is 12.4. The van der Waals surface area contributed by atoms with Crippen molar-refractivity contribution in [3.8, 4) is 0 Å². The first-order chi connectivity index (χ1) is 16.8. The molecule has 2 fully saturated rings. The van der Waals surface area contributed by atoms with Crippen molar-refractivity contribution in [1.29, 1.82) is 0 Å². The number of carbonyl (C=O) groups excluding carboxylic acids is 3. The second-order valence-electron chi connectivity index (χ2n) is 10.1. The van der Waals surface area contributed by atoms with Gasteiger partial charge in [-0.05, 0) is 43.9 Å². The molecule has 3 amide bonds. The highest BCUT2D eigenvalue weighted by Gasteiger charge is 2.71. The van der Waals surface area contributed by atoms with E-state index in [0.29, 0.717) is 32.5 Å². The molecule has 0 aromatic heterocycles. The van der Waals surface area contributed by atoms with Crippen LogP contribution in [0, 0.1) is 25.7 Å². The zero-order valence-electron chi connectivity index (χ0n) is 20.5. The Labute approximate surface area is 205 Å². The Kier molecular flexibility index (Phi) is 6.05. The number of ether oxygens (including phenoxy) is 1. The Morgan fingerprint density at radius 1 is 1.06 bits per heavy atom. The molecule has 4 aliphatic rings. The quantitative estimate of drug-likeness (QED) is 0.512. The lowest BCUT2D eigenvalue weighted by atomic mass is 9.77. The molecule has 0 radical (unpaired) electrons. The van der Waals surface area contributed by atoms with Crippen molar-refractivity contribution < 1.29 is 24.2 Å². The number of likely N-dealkylation sites (tertiary alicyclic amines) is 1. The van der Waals surface area contributed by atoms with Crippen LogP contribution < -0.4 is 4.90 Å². The van der Waals surface area contributed by atoms with Crippen LogP contribution in [-0.2, 0) is 19.1 Å². The number of carbonyl (C=O) groups is 3. The number of unbranched alkanes of at least 4 members (excludes halogenated alkanes) is 1. The highest BCUT2D eigenvalue weighted by atomic mass is 16.5. The van der Waals surface area contributed by atoms with E-state index in [1.165, 1.54) is 0 Å². The minimum Gasteiger partial charge on any atom is -0.396 e. The largest absolute Gasteiger partial charge is 0.396 e. The molecular weight excluding hydrogens is 446 g/mol. The first-order valence-electron chi connectivity index (χ1n) is 12.4. The number of aliphatic hydroxyl groups excluding tert-OH is 1. The smallest absolute Gasteiger partial charge is 0.253 e. The molecule has 5 atom stereocenters. The van der Waals surface area contributed by atoms with E-state index in [1.54, 1.807) is 21.7 Å². The van der Waals surface area contributed by atoms with Gasteiger partial charge in [-0.1, -0.05) is 36.4 Å². The summed E-state index contributed by atoms with van der Waals surface area (Å²) in [5.74, 6) is -2.02. The molecule has 8 nitrogen and oxygen atoms in total. The number of anilines is 1. The fourth-order valence-corrected chi connectivity index (χ4v) is 6.12. The maximum absolute atomic E-state index is 14.3. The Morgan fingerprint density at radius 3 is 2.63 bits per heavy atom. The molecule has 186 valence electrons. The molecule has 0 bridgehead atoms. The number of nitrogens with zero attached hydrogens (tertiary/aromatic N) is 3. The van der Waals surface area contributed by atoms with Gasteiger partial charge in [-0.15, -0.1) is 0 Å². The van der Waals surface area contributed by atoms with Gasteiger partial charge in [0.1, 0.15) is 11.6 Å². The number of hydrogen-bond donors (Lipinski definition) is 1. The summed E-state index contributed by atoms with van der Waals surface area (Å²) in [5, 5.41) is 9.32. The van der Waals surface area contributed by atoms with Crippen molar-refractivity contribution in [3.63, 3.8) is 0 Å². The molecule has 1 aromatic carbocycles. The number of benzene rings is 1. The van der Waals surface area contributed by atoms with Crippen molar-refractivity contribution >= 4 is 23.4 Å². The number of aliphatic hydroxyl groups is 1. The molecule has 0 aliphatic carbocycles. The number of aryl methyl sites for hydroxylation is 2. The molecule has 8 heteroatoms. The topological polar surface area (TPSA) is 90.4 Å². The summed E-state index contributed by atoms with van der Waals surface area (Å²) >= 11 is 0. The molecular formula is C27H33N3O5. The van der Waals surface area contributed by atoms with Gasteiger partial charge in [-0.2, -0.15) is 0 Å². The molecule has 35 heavy (non-hydrogen) atoms. The fraction of sp³-hybridized carbons (Fsp3) is 0.519. The van der Waals surface area contributed by atoms with Gasteiger partial charge in [0.2, 0.25) is 11.8 Å². The van der Waals surface area contributed by atoms with Gasteiger partial charge in [-0.25, -0.2) is 0 Å². The van der Waals surface area contributed by atoms with Crippen LogP contribution in [0.1, 0.15) is 24.0 Å². The van der Waals surface area contributed by atoms with Gasteiger partial charge >= 0.3 is 0 Å². The number of hydrogen-bond acceptors (Lipinski definition) is 5. The second kappa shape index (κ2) is 8.91. The van der Waals surface area contributed by atoms with E-state index in [2.05, 4.69) is 0 Å². The molecule has 2 saturated heterocycles. The zero-order chi connectivity index (χ0) is 24.9. The lowest BCUT2D eigenvalue weighted by molar-refractivity contribution is -0.143. The Morgan fingerprint density at radius 2 is 1.86 bits per heavy atom. The fourth-order valence-electron chi connectivity index (χ4n) is 6.12. The van der Waals surface area contributed by atoms with Crippen LogP contribution in [-0.4, -0.2) is 83.7 Å². The van der Waals surface area contributed by atoms with Crippen molar-refractivity contribution in [3.05, 3.63) is 53.6 Å². The van der Waals surface area contributed by atoms with Gasteiger partial charge < -0.3 is 24.5 Å². The third kappa shape index (κ3) is 3.62. The summed E-state index contributed by atoms with van der Waals surface area (Å²) in [7, 11) is 1.73. The minimum atomic E-state index is -1.21. The van der Waals surface area contributed by atoms with E-state index in [1.807, 2.05) is 56.4 Å². The number of fused-ring (bicyclic) bond motifs is 2. The lowest BCUT2D eigenvalue weighted by Crippen LogP contribution is -2.55. The van der Waals surface area contributed by atoms with E-state index < -0.39 is 29.6 Å². The number of rotatable bonds is 5. The van der Waals surface area contributed by atoms with Crippen LogP contribution in [0.25, 0.3) is 0 Å². The van der Waals surface area contributed by atoms with Crippen LogP contribution in [0.2, 0.25) is 0 Å². The summed E-state index contributed by atoms with van der Waals surface area (Å²) in [6.45, 7) is 5.11. The van der Waals surface area contributed by atoms with E-state index in [9.17, 15) is 19.5 Å². The lowest BCUT2D eigenvalue weighted by Gasteiger charge is -2.35. The molecule has 4 aliphatic heterocycles. The normalized spacial score (nSPS) is 32.0. The van der Waals surface area contributed by atoms with Gasteiger partial charge in [-0.3, -0.25) is 14.4 Å². The minimum absolute atomic E-state index is 0.0129. The maximum Gasteiger partial charge on any atom is 0.253 e. The summed E-state index contributed by atoms with van der Waals surface area (Å²) in [4.78, 5) is 46.6. The Balaban J connectivity index is 1.61. The van der Waals surface area contributed by atoms with Gasteiger partial charge in [0.05, 0.1) is 17.9 Å². The van der Waals surface area contributed by atoms with Gasteiger partial charge in [0, 0.05) is 39.0 Å². The molecule has 5 rings (SSSR count). The molecule has 1 unspecified atom stereocenters. The average Bonchev–Trinajstić information content (AvgIpc) is 3.15. The Bertz CT molecular complexity index is 1110. The summed E-state index contributed by atoms with van der Waals surface area (Å²) in [5.41, 5.74) is 1.61. The molecule has 4 heterocycles. The monoisotopic (exact) mass is 479 g/mol. The van der Waals surface area contributed by atoms with Crippen LogP contribution in [0.3, 0.4) is 0 Å². The van der Waals surface area contributed by atoms with E-state index >= 15 is 0 Å². The van der Waals surface area contributed by atoms with Gasteiger partial charge in [0.15, 0.2) is 0 Å². The van der Waals surface area contributed by atoms with E-state index in [4.69, 9.17) is 4.74 Å². The third-order valence-electron chi connectivity index (χ3n) is 7.82. The molecule has 1 aromatic rings. The van der Waals surface area contributed by atoms with Crippen LogP contribution in [0.5, 0.6) is 0 Å². The van der Waals surface area contributed by atoms with Crippen LogP contribution in [0.4, 0.5) is 5.69 Å². The van der Waals surface area contributed by atoms with E-state index in [0.717, 1.165) is 16.8 Å². The van der Waals surface area contributed by atoms with Gasteiger partial charge in [0.25, 0.3) is 5.91 Å². The Hall–Kier alpha value is -2.97. The maximum atomic E-state index is 14.3. The van der Waals surface area contributed by atoms with Crippen molar-refractivity contribution in [2.24, 2.45) is 11.8 Å². The third-order valence-corrected chi connectivity index (χ3v) is 7.82. The average molecular weight is 480 g/mol. The number of amides is 3. The van der Waals surface area contributed by atoms with Crippen molar-refractivity contribution in [2.45, 2.75) is 44.4 Å². The standard InChI is InChI=1S/C27H33N3O5/c1-17-9-10-18(2)19(16-17)29-14-7-11-27-22(21-20(35-27)8-6-12-28(3)24(21)32)25(33)30(13-4-5-15-31)23(27)26(29)34/h6-11,16,20-23,31H,4-5,12-15H2,1-3H3/t20-,21+,22+,23?,27+/m1/s1. The highest BCUT2D eigenvalue weighted by Crippen LogP contribution is 2.53. The summed E-state index contributed by atoms with van der Waals surface area (Å²) in [6, 6.07) is 5.12. The predicted molar refractivity (Wildman–Crippen MR) is 131 cm³/mol. The SMILES string of the molecule is Cc1ccc(C)c(N2CC=C[C@]34O[C@@H]5C=CCN(C)C(=O)[C@@H]5[C@H]3C(=O)N(CCCCO)C4C2=O)c1. The summed E-state index contributed by atoms with van der Waals surface area (Å²) < 4.78 is 6.59. The first kappa shape index (κ1) is 23.8. The van der Waals surface area contributed by atoms with Crippen LogP contribution in [0.15, 0.2) is 42.5 Å². The molecule has 0 saturated carbocycles. The molecule has 1 spiro atoms. The number of likely N-dealkylation sites (N-methyl/N-ethyl adjacent to an activating group) is 1. The second-order valence-corrected chi connectivity index (χ2v) is 10.1. The predicted octanol–water partition coefficient (Wildman–Crippen LogP) is 1.59. The molecule has 1 N–H and O–H groups in total. The highest BCUT2D eigenvalue weighted by molar-refractivity contribution is 6.06.